The van der Waals surface area contributed by atoms with Gasteiger partial charge in [0.2, 0.25) is 11.9 Å². The molecule has 0 fully saturated rings. The van der Waals surface area contributed by atoms with Gasteiger partial charge in [0, 0.05) is 45.8 Å². The Morgan fingerprint density at radius 1 is 1.18 bits per heavy atom. The highest BCUT2D eigenvalue weighted by molar-refractivity contribution is 6.05. The highest BCUT2D eigenvalue weighted by Crippen LogP contribution is 2.32. The van der Waals surface area contributed by atoms with Crippen molar-refractivity contribution < 1.29 is 19.1 Å². The average Bonchev–Trinajstić information content (AvgIpc) is 3.36. The smallest absolute Gasteiger partial charge is 0.278 e. The fourth-order valence-electron chi connectivity index (χ4n) is 3.77. The van der Waals surface area contributed by atoms with Crippen molar-refractivity contribution in [3.8, 4) is 5.75 Å². The van der Waals surface area contributed by atoms with Gasteiger partial charge in [0.05, 0.1) is 17.8 Å². The van der Waals surface area contributed by atoms with E-state index in [0.717, 1.165) is 12.1 Å². The molecule has 0 spiro atoms. The number of benzene rings is 1. The van der Waals surface area contributed by atoms with Crippen LogP contribution >= 0.6 is 0 Å². The van der Waals surface area contributed by atoms with Crippen molar-refractivity contribution in [1.29, 1.82) is 0 Å². The lowest BCUT2D eigenvalue weighted by atomic mass is 10.1. The third kappa shape index (κ3) is 5.00. The van der Waals surface area contributed by atoms with Crippen LogP contribution < -0.4 is 15.4 Å². The quantitative estimate of drug-likeness (QED) is 0.443. The van der Waals surface area contributed by atoms with Crippen molar-refractivity contribution in [3.05, 3.63) is 35.2 Å². The average molecular weight is 457 g/mol. The highest BCUT2D eigenvalue weighted by atomic mass is 16.5. The van der Waals surface area contributed by atoms with E-state index >= 15 is 0 Å². The lowest BCUT2D eigenvalue weighted by Crippen LogP contribution is -2.31. The van der Waals surface area contributed by atoms with Crippen LogP contribution in [-0.4, -0.2) is 58.5 Å². The van der Waals surface area contributed by atoms with Crippen LogP contribution in [0.5, 0.6) is 5.75 Å². The molecule has 0 unspecified atom stereocenters. The van der Waals surface area contributed by atoms with Crippen LogP contribution in [-0.2, 0) is 17.8 Å². The number of methoxy groups -OCH3 is 1. The summed E-state index contributed by atoms with van der Waals surface area (Å²) in [5.74, 6) is 0.168. The number of carbonyl (C=O) groups is 2. The Bertz CT molecular complexity index is 1150. The van der Waals surface area contributed by atoms with Gasteiger partial charge in [-0.1, -0.05) is 6.92 Å². The second-order valence-electron chi connectivity index (χ2n) is 7.82. The van der Waals surface area contributed by atoms with Crippen LogP contribution in [0, 0.1) is 6.92 Å². The maximum Gasteiger partial charge on any atom is 0.278 e. The summed E-state index contributed by atoms with van der Waals surface area (Å²) in [7, 11) is 3.32. The Hall–Kier alpha value is -3.40. The number of fused-ring (bicyclic) bond motifs is 1. The number of rotatable bonds is 11. The number of amides is 2. The first-order valence-corrected chi connectivity index (χ1v) is 11.1. The normalized spacial score (nSPS) is 11.2. The van der Waals surface area contributed by atoms with E-state index in [1.54, 1.807) is 37.0 Å². The minimum atomic E-state index is -0.572. The Labute approximate surface area is 193 Å². The van der Waals surface area contributed by atoms with Gasteiger partial charge in [-0.05, 0) is 38.5 Å². The molecule has 178 valence electrons. The molecule has 3 aromatic rings. The van der Waals surface area contributed by atoms with Gasteiger partial charge in [-0.2, -0.15) is 5.10 Å². The van der Waals surface area contributed by atoms with E-state index in [4.69, 9.17) is 20.2 Å². The number of ether oxygens (including phenoxy) is 2. The van der Waals surface area contributed by atoms with E-state index in [2.05, 4.69) is 5.10 Å². The van der Waals surface area contributed by atoms with Crippen molar-refractivity contribution in [2.24, 2.45) is 5.73 Å². The first kappa shape index (κ1) is 24.2. The summed E-state index contributed by atoms with van der Waals surface area (Å²) in [5, 5.41) is 4.38. The summed E-state index contributed by atoms with van der Waals surface area (Å²) in [6.45, 7) is 7.99. The summed E-state index contributed by atoms with van der Waals surface area (Å²) in [4.78, 5) is 31.5. The largest absolute Gasteiger partial charge is 0.491 e. The Morgan fingerprint density at radius 2 is 1.94 bits per heavy atom. The SMILES string of the molecule is CCCn1c(N(C)C(=O)c2cc(C)nn2CC)nc2cc(C(N)=O)cc(OCCCOC)c21. The highest BCUT2D eigenvalue weighted by Gasteiger charge is 2.25. The first-order chi connectivity index (χ1) is 15.8. The summed E-state index contributed by atoms with van der Waals surface area (Å²) in [6.07, 6.45) is 1.50. The maximum absolute atomic E-state index is 13.4. The number of imidazole rings is 1. The molecular weight excluding hydrogens is 424 g/mol. The minimum Gasteiger partial charge on any atom is -0.491 e. The molecule has 33 heavy (non-hydrogen) atoms. The second-order valence-corrected chi connectivity index (χ2v) is 7.82. The predicted octanol–water partition coefficient (Wildman–Crippen LogP) is 2.76. The van der Waals surface area contributed by atoms with Crippen LogP contribution in [0.1, 0.15) is 53.2 Å². The van der Waals surface area contributed by atoms with Crippen LogP contribution in [0.15, 0.2) is 18.2 Å². The molecule has 0 saturated carbocycles. The minimum absolute atomic E-state index is 0.220. The van der Waals surface area contributed by atoms with Crippen LogP contribution in [0.4, 0.5) is 5.95 Å². The number of anilines is 1. The van der Waals surface area contributed by atoms with Crippen LogP contribution in [0.3, 0.4) is 0 Å². The number of nitrogens with two attached hydrogens (primary N) is 1. The molecule has 2 N–H and O–H groups in total. The summed E-state index contributed by atoms with van der Waals surface area (Å²) >= 11 is 0. The summed E-state index contributed by atoms with van der Waals surface area (Å²) in [5.41, 5.74) is 8.36. The van der Waals surface area contributed by atoms with Gasteiger partial charge in [-0.25, -0.2) is 4.98 Å². The van der Waals surface area contributed by atoms with Gasteiger partial charge < -0.3 is 19.8 Å². The van der Waals surface area contributed by atoms with Crippen molar-refractivity contribution in [2.45, 2.75) is 46.7 Å². The van der Waals surface area contributed by atoms with Gasteiger partial charge in [-0.15, -0.1) is 0 Å². The van der Waals surface area contributed by atoms with Gasteiger partial charge in [0.15, 0.2) is 0 Å². The van der Waals surface area contributed by atoms with Crippen molar-refractivity contribution in [1.82, 2.24) is 19.3 Å². The van der Waals surface area contributed by atoms with Crippen LogP contribution in [0.2, 0.25) is 0 Å². The standard InChI is InChI=1S/C23H32N6O4/c1-6-9-28-20-17(13-16(21(24)30)14-19(20)33-11-8-10-32-5)25-23(28)27(4)22(31)18-12-15(3)26-29(18)7-2/h12-14H,6-11H2,1-5H3,(H2,24,30). The predicted molar refractivity (Wildman–Crippen MR) is 126 cm³/mol. The molecule has 0 bridgehead atoms. The van der Waals surface area contributed by atoms with Gasteiger partial charge in [0.1, 0.15) is 17.0 Å². The summed E-state index contributed by atoms with van der Waals surface area (Å²) in [6, 6.07) is 5.03. The van der Waals surface area contributed by atoms with Gasteiger partial charge in [-0.3, -0.25) is 19.2 Å². The van der Waals surface area contributed by atoms with E-state index in [9.17, 15) is 9.59 Å². The van der Waals surface area contributed by atoms with Crippen molar-refractivity contribution >= 4 is 28.8 Å². The van der Waals surface area contributed by atoms with Crippen LogP contribution in [0.25, 0.3) is 11.0 Å². The molecule has 3 rings (SSSR count). The molecule has 2 amide bonds. The third-order valence-corrected chi connectivity index (χ3v) is 5.29. The lowest BCUT2D eigenvalue weighted by Gasteiger charge is -2.19. The fourth-order valence-corrected chi connectivity index (χ4v) is 3.77. The lowest BCUT2D eigenvalue weighted by molar-refractivity contribution is 0.0977. The Morgan fingerprint density at radius 3 is 2.58 bits per heavy atom. The number of carbonyl (C=O) groups excluding carboxylic acids is 2. The molecule has 0 saturated heterocycles. The van der Waals surface area contributed by atoms with E-state index < -0.39 is 5.91 Å². The molecule has 0 aliphatic heterocycles. The third-order valence-electron chi connectivity index (χ3n) is 5.29. The van der Waals surface area contributed by atoms with Gasteiger partial charge >= 0.3 is 0 Å². The van der Waals surface area contributed by atoms with Gasteiger partial charge in [0.25, 0.3) is 5.91 Å². The topological polar surface area (TPSA) is 118 Å². The molecule has 10 heteroatoms. The van der Waals surface area contributed by atoms with E-state index in [0.29, 0.717) is 66.7 Å². The fraction of sp³-hybridized carbons (Fsp3) is 0.478. The molecular formula is C23H32N6O4. The Balaban J connectivity index is 2.11. The molecule has 2 heterocycles. The summed E-state index contributed by atoms with van der Waals surface area (Å²) < 4.78 is 14.7. The molecule has 0 aliphatic carbocycles. The molecule has 0 radical (unpaired) electrons. The zero-order valence-corrected chi connectivity index (χ0v) is 19.9. The second kappa shape index (κ2) is 10.5. The molecule has 0 atom stereocenters. The maximum atomic E-state index is 13.4. The molecule has 0 aliphatic rings. The number of hydrogen-bond donors (Lipinski definition) is 1. The number of nitrogens with zero attached hydrogens (tertiary/aromatic N) is 5. The molecule has 10 nitrogen and oxygen atoms in total. The number of aromatic nitrogens is 4. The first-order valence-electron chi connectivity index (χ1n) is 11.1. The molecule has 1 aromatic carbocycles. The zero-order chi connectivity index (χ0) is 24.1. The van der Waals surface area contributed by atoms with E-state index in [1.165, 1.54) is 4.90 Å². The molecule has 2 aromatic heterocycles. The number of hydrogen-bond acceptors (Lipinski definition) is 6. The van der Waals surface area contributed by atoms with E-state index in [1.807, 2.05) is 25.3 Å². The van der Waals surface area contributed by atoms with Crippen molar-refractivity contribution in [2.75, 3.05) is 32.3 Å². The van der Waals surface area contributed by atoms with E-state index in [-0.39, 0.29) is 5.91 Å². The monoisotopic (exact) mass is 456 g/mol. The zero-order valence-electron chi connectivity index (χ0n) is 19.9. The number of primary amides is 1. The number of aryl methyl sites for hydroxylation is 3. The Kier molecular flexibility index (Phi) is 7.70. The van der Waals surface area contributed by atoms with Crippen molar-refractivity contribution in [3.63, 3.8) is 0 Å².